The normalized spacial score (nSPS) is 18.2. The number of hydrogen-bond acceptors (Lipinski definition) is 7. The van der Waals surface area contributed by atoms with E-state index in [4.69, 9.17) is 14.2 Å². The highest BCUT2D eigenvalue weighted by molar-refractivity contribution is 6.01. The lowest BCUT2D eigenvalue weighted by atomic mass is 10.0. The molecular formula is C31H42N4O7. The molecule has 0 unspecified atom stereocenters. The Bertz CT molecular complexity index is 1250. The molecule has 1 aliphatic rings. The quantitative estimate of drug-likeness (QED) is 0.386. The van der Waals surface area contributed by atoms with Gasteiger partial charge >= 0.3 is 0 Å². The minimum absolute atomic E-state index is 0.138. The number of nitrogens with zero attached hydrogens (tertiary/aromatic N) is 1. The SMILES string of the molecule is COc1ccc(CCCNC(=O)[C@@H]2CC(=O)N[C@@H](CC(C)C)C(=O)N(C)CCOc3ccccc3C(=O)N2)cc1OC. The molecule has 0 aliphatic carbocycles. The average Bonchev–Trinajstić information content (AvgIpc) is 2.97. The van der Waals surface area contributed by atoms with Crippen LogP contribution < -0.4 is 30.2 Å². The van der Waals surface area contributed by atoms with Gasteiger partial charge in [0.15, 0.2) is 11.5 Å². The second-order valence-corrected chi connectivity index (χ2v) is 10.7. The minimum Gasteiger partial charge on any atom is -0.493 e. The molecule has 2 atom stereocenters. The van der Waals surface area contributed by atoms with E-state index in [0.717, 1.165) is 5.56 Å². The number of carbonyl (C=O) groups is 4. The van der Waals surface area contributed by atoms with E-state index in [2.05, 4.69) is 16.0 Å². The maximum absolute atomic E-state index is 13.3. The van der Waals surface area contributed by atoms with Crippen molar-refractivity contribution in [3.63, 3.8) is 0 Å². The van der Waals surface area contributed by atoms with E-state index in [-0.39, 0.29) is 37.0 Å². The van der Waals surface area contributed by atoms with Gasteiger partial charge in [-0.1, -0.05) is 32.0 Å². The molecule has 0 fully saturated rings. The number of nitrogens with one attached hydrogen (secondary N) is 3. The van der Waals surface area contributed by atoms with Gasteiger partial charge in [0.05, 0.1) is 32.7 Å². The molecule has 1 aliphatic heterocycles. The van der Waals surface area contributed by atoms with E-state index >= 15 is 0 Å². The number of benzene rings is 2. The lowest BCUT2D eigenvalue weighted by molar-refractivity contribution is -0.136. The second kappa shape index (κ2) is 15.6. The van der Waals surface area contributed by atoms with Crippen LogP contribution in [0.15, 0.2) is 42.5 Å². The molecule has 0 saturated heterocycles. The number of para-hydroxylation sites is 1. The van der Waals surface area contributed by atoms with Crippen molar-refractivity contribution in [2.45, 2.75) is 51.6 Å². The van der Waals surface area contributed by atoms with Gasteiger partial charge in [-0.25, -0.2) is 0 Å². The number of rotatable bonds is 9. The first-order valence-electron chi connectivity index (χ1n) is 14.2. The largest absolute Gasteiger partial charge is 0.493 e. The Labute approximate surface area is 247 Å². The van der Waals surface area contributed by atoms with Crippen molar-refractivity contribution in [2.24, 2.45) is 5.92 Å². The number of methoxy groups -OCH3 is 2. The lowest BCUT2D eigenvalue weighted by Crippen LogP contribution is -2.53. The van der Waals surface area contributed by atoms with Crippen molar-refractivity contribution in [1.82, 2.24) is 20.9 Å². The standard InChI is InChI=1S/C31H42N4O7/c1-20(2)17-24-31(39)35(3)15-16-42-25-11-7-6-10-22(25)29(37)34-23(19-28(36)33-24)30(38)32-14-8-9-21-12-13-26(40-4)27(18-21)41-5/h6-7,10-13,18,20,23-24H,8-9,14-17,19H2,1-5H3,(H,32,38)(H,33,36)(H,34,37)/t23-,24-/m0/s1. The monoisotopic (exact) mass is 582 g/mol. The molecule has 0 bridgehead atoms. The highest BCUT2D eigenvalue weighted by Gasteiger charge is 2.30. The molecule has 2 aromatic carbocycles. The molecule has 11 nitrogen and oxygen atoms in total. The van der Waals surface area contributed by atoms with E-state index in [1.165, 1.54) is 4.90 Å². The summed E-state index contributed by atoms with van der Waals surface area (Å²) in [6.45, 7) is 4.67. The van der Waals surface area contributed by atoms with Crippen LogP contribution in [0.5, 0.6) is 17.2 Å². The van der Waals surface area contributed by atoms with Crippen LogP contribution in [-0.4, -0.2) is 81.6 Å². The molecule has 3 rings (SSSR count). The van der Waals surface area contributed by atoms with Gasteiger partial charge in [0.25, 0.3) is 5.91 Å². The van der Waals surface area contributed by atoms with Crippen molar-refractivity contribution in [1.29, 1.82) is 0 Å². The average molecular weight is 583 g/mol. The van der Waals surface area contributed by atoms with Gasteiger partial charge < -0.3 is 35.1 Å². The predicted molar refractivity (Wildman–Crippen MR) is 158 cm³/mol. The first-order chi connectivity index (χ1) is 20.1. The summed E-state index contributed by atoms with van der Waals surface area (Å²) in [6.07, 6.45) is 1.37. The first kappa shape index (κ1) is 32.2. The van der Waals surface area contributed by atoms with Crippen molar-refractivity contribution in [3.05, 3.63) is 53.6 Å². The van der Waals surface area contributed by atoms with E-state index < -0.39 is 29.8 Å². The highest BCUT2D eigenvalue weighted by atomic mass is 16.5. The van der Waals surface area contributed by atoms with Gasteiger partial charge in [-0.2, -0.15) is 0 Å². The number of ether oxygens (including phenoxy) is 3. The van der Waals surface area contributed by atoms with Crippen LogP contribution in [0.3, 0.4) is 0 Å². The summed E-state index contributed by atoms with van der Waals surface area (Å²) in [5.74, 6) is -0.0694. The Kier molecular flexibility index (Phi) is 12.0. The molecule has 0 aromatic heterocycles. The second-order valence-electron chi connectivity index (χ2n) is 10.7. The van der Waals surface area contributed by atoms with Gasteiger partial charge in [-0.15, -0.1) is 0 Å². The Balaban J connectivity index is 1.75. The highest BCUT2D eigenvalue weighted by Crippen LogP contribution is 2.28. The third-order valence-corrected chi connectivity index (χ3v) is 6.93. The van der Waals surface area contributed by atoms with Crippen LogP contribution in [0.1, 0.15) is 49.0 Å². The molecule has 1 heterocycles. The van der Waals surface area contributed by atoms with E-state index in [1.54, 1.807) is 45.5 Å². The van der Waals surface area contributed by atoms with Gasteiger partial charge in [0, 0.05) is 13.6 Å². The molecule has 0 radical (unpaired) electrons. The third-order valence-electron chi connectivity index (χ3n) is 6.93. The zero-order valence-corrected chi connectivity index (χ0v) is 25.0. The Morgan fingerprint density at radius 1 is 1.07 bits per heavy atom. The van der Waals surface area contributed by atoms with Gasteiger partial charge in [0.2, 0.25) is 17.7 Å². The van der Waals surface area contributed by atoms with Gasteiger partial charge in [-0.3, -0.25) is 19.2 Å². The number of carbonyl (C=O) groups excluding carboxylic acids is 4. The van der Waals surface area contributed by atoms with Crippen molar-refractivity contribution in [3.8, 4) is 17.2 Å². The molecule has 2 aromatic rings. The fraction of sp³-hybridized carbons (Fsp3) is 0.484. The van der Waals surface area contributed by atoms with E-state index in [0.29, 0.717) is 43.1 Å². The summed E-state index contributed by atoms with van der Waals surface area (Å²) < 4.78 is 16.5. The number of aryl methyl sites for hydroxylation is 1. The summed E-state index contributed by atoms with van der Waals surface area (Å²) in [5, 5.41) is 8.32. The molecule has 0 saturated carbocycles. The fourth-order valence-corrected chi connectivity index (χ4v) is 4.69. The molecular weight excluding hydrogens is 540 g/mol. The van der Waals surface area contributed by atoms with Crippen LogP contribution in [0.4, 0.5) is 0 Å². The number of likely N-dealkylation sites (N-methyl/N-ethyl adjacent to an activating group) is 1. The van der Waals surface area contributed by atoms with Crippen LogP contribution >= 0.6 is 0 Å². The topological polar surface area (TPSA) is 135 Å². The van der Waals surface area contributed by atoms with Crippen LogP contribution in [0, 0.1) is 5.92 Å². The van der Waals surface area contributed by atoms with Crippen molar-refractivity contribution >= 4 is 23.6 Å². The Morgan fingerprint density at radius 2 is 1.81 bits per heavy atom. The predicted octanol–water partition coefficient (Wildman–Crippen LogP) is 2.32. The number of fused-ring (bicyclic) bond motifs is 1. The maximum atomic E-state index is 13.3. The molecule has 3 N–H and O–H groups in total. The van der Waals surface area contributed by atoms with Crippen LogP contribution in [-0.2, 0) is 20.8 Å². The first-order valence-corrected chi connectivity index (χ1v) is 14.2. The summed E-state index contributed by atoms with van der Waals surface area (Å²) >= 11 is 0. The third kappa shape index (κ3) is 9.12. The van der Waals surface area contributed by atoms with Gasteiger partial charge in [0.1, 0.15) is 24.4 Å². The molecule has 0 spiro atoms. The molecule has 42 heavy (non-hydrogen) atoms. The summed E-state index contributed by atoms with van der Waals surface area (Å²) in [7, 11) is 4.79. The van der Waals surface area contributed by atoms with Crippen molar-refractivity contribution < 1.29 is 33.4 Å². The minimum atomic E-state index is -1.16. The summed E-state index contributed by atoms with van der Waals surface area (Å²) in [6, 6.07) is 10.4. The van der Waals surface area contributed by atoms with Crippen LogP contribution in [0.2, 0.25) is 0 Å². The Hall–Kier alpha value is -4.28. The smallest absolute Gasteiger partial charge is 0.255 e. The van der Waals surface area contributed by atoms with Crippen molar-refractivity contribution in [2.75, 3.05) is 41.0 Å². The maximum Gasteiger partial charge on any atom is 0.255 e. The number of amides is 4. The van der Waals surface area contributed by atoms with Gasteiger partial charge in [-0.05, 0) is 55.0 Å². The zero-order valence-electron chi connectivity index (χ0n) is 25.0. The lowest BCUT2D eigenvalue weighted by Gasteiger charge is -2.27. The summed E-state index contributed by atoms with van der Waals surface area (Å²) in [4.78, 5) is 54.3. The molecule has 11 heteroatoms. The fourth-order valence-electron chi connectivity index (χ4n) is 4.69. The zero-order chi connectivity index (χ0) is 30.6. The van der Waals surface area contributed by atoms with E-state index in [1.807, 2.05) is 32.0 Å². The molecule has 228 valence electrons. The van der Waals surface area contributed by atoms with E-state index in [9.17, 15) is 19.2 Å². The van der Waals surface area contributed by atoms with Crippen LogP contribution in [0.25, 0.3) is 0 Å². The number of hydrogen-bond donors (Lipinski definition) is 3. The summed E-state index contributed by atoms with van der Waals surface area (Å²) in [5.41, 5.74) is 1.24. The Morgan fingerprint density at radius 3 is 2.52 bits per heavy atom. The molecule has 4 amide bonds.